The zero-order valence-electron chi connectivity index (χ0n) is 16.1. The van der Waals surface area contributed by atoms with Gasteiger partial charge in [0.2, 0.25) is 0 Å². The second-order valence-electron chi connectivity index (χ2n) is 6.36. The number of ether oxygens (including phenoxy) is 1. The Balaban J connectivity index is 2.07. The van der Waals surface area contributed by atoms with Crippen LogP contribution in [0.3, 0.4) is 0 Å². The zero-order chi connectivity index (χ0) is 22.3. The Bertz CT molecular complexity index is 1040. The molecule has 3 amide bonds. The first-order chi connectivity index (χ1) is 14.1. The van der Waals surface area contributed by atoms with E-state index in [9.17, 15) is 27.2 Å². The van der Waals surface area contributed by atoms with Crippen LogP contribution in [0.2, 0.25) is 0 Å². The van der Waals surface area contributed by atoms with Gasteiger partial charge >= 0.3 is 12.0 Å². The summed E-state index contributed by atoms with van der Waals surface area (Å²) in [6, 6.07) is 8.79. The highest BCUT2D eigenvalue weighted by Gasteiger charge is 2.20. The summed E-state index contributed by atoms with van der Waals surface area (Å²) in [7, 11) is -4.10. The molecule has 0 bridgehead atoms. The first-order valence-corrected chi connectivity index (χ1v) is 10.2. The Morgan fingerprint density at radius 3 is 2.30 bits per heavy atom. The second-order valence-corrected chi connectivity index (χ2v) is 8.04. The number of amides is 3. The highest BCUT2D eigenvalue weighted by molar-refractivity contribution is 7.92. The fourth-order valence-electron chi connectivity index (χ4n) is 2.24. The van der Waals surface area contributed by atoms with E-state index in [0.29, 0.717) is 0 Å². The maximum Gasteiger partial charge on any atom is 0.340 e. The minimum absolute atomic E-state index is 0.0928. The Labute approximate surface area is 172 Å². The molecule has 0 unspecified atom stereocenters. The van der Waals surface area contributed by atoms with E-state index in [0.717, 1.165) is 24.3 Å². The number of hydrogen-bond acceptors (Lipinski definition) is 6. The van der Waals surface area contributed by atoms with Gasteiger partial charge in [0.25, 0.3) is 15.9 Å². The number of imide groups is 1. The molecule has 0 atom stereocenters. The van der Waals surface area contributed by atoms with Crippen LogP contribution < -0.4 is 15.4 Å². The van der Waals surface area contributed by atoms with Crippen molar-refractivity contribution in [2.45, 2.75) is 24.8 Å². The minimum Gasteiger partial charge on any atom is -0.452 e. The molecule has 30 heavy (non-hydrogen) atoms. The van der Waals surface area contributed by atoms with Gasteiger partial charge in [0, 0.05) is 6.04 Å². The van der Waals surface area contributed by atoms with E-state index in [-0.39, 0.29) is 22.2 Å². The number of para-hydroxylation sites is 1. The number of urea groups is 1. The van der Waals surface area contributed by atoms with Crippen LogP contribution in [0, 0.1) is 5.82 Å². The van der Waals surface area contributed by atoms with Crippen LogP contribution in [0.25, 0.3) is 0 Å². The Morgan fingerprint density at radius 2 is 1.67 bits per heavy atom. The molecule has 0 aliphatic heterocycles. The maximum atomic E-state index is 13.0. The molecule has 3 N–H and O–H groups in total. The molecule has 0 saturated heterocycles. The first kappa shape index (κ1) is 22.8. The van der Waals surface area contributed by atoms with Gasteiger partial charge in [-0.3, -0.25) is 14.8 Å². The average Bonchev–Trinajstić information content (AvgIpc) is 2.66. The van der Waals surface area contributed by atoms with Crippen molar-refractivity contribution in [1.82, 2.24) is 10.6 Å². The third kappa shape index (κ3) is 6.55. The second kappa shape index (κ2) is 9.83. The molecule has 2 aromatic carbocycles. The monoisotopic (exact) mass is 437 g/mol. The van der Waals surface area contributed by atoms with Gasteiger partial charge in [-0.1, -0.05) is 12.1 Å². The number of nitrogens with one attached hydrogen (secondary N) is 3. The van der Waals surface area contributed by atoms with E-state index in [4.69, 9.17) is 4.74 Å². The van der Waals surface area contributed by atoms with Crippen LogP contribution in [-0.2, 0) is 19.6 Å². The maximum absolute atomic E-state index is 13.0. The highest BCUT2D eigenvalue weighted by Crippen LogP contribution is 2.21. The molecule has 9 nitrogen and oxygen atoms in total. The van der Waals surface area contributed by atoms with Crippen LogP contribution in [0.1, 0.15) is 24.2 Å². The molecule has 160 valence electrons. The Morgan fingerprint density at radius 1 is 1.03 bits per heavy atom. The number of carbonyl (C=O) groups is 3. The highest BCUT2D eigenvalue weighted by atomic mass is 32.2. The van der Waals surface area contributed by atoms with Crippen LogP contribution in [-0.4, -0.2) is 39.0 Å². The largest absolute Gasteiger partial charge is 0.452 e. The lowest BCUT2D eigenvalue weighted by atomic mass is 10.2. The lowest BCUT2D eigenvalue weighted by Crippen LogP contribution is -2.44. The van der Waals surface area contributed by atoms with Crippen molar-refractivity contribution in [3.05, 3.63) is 59.9 Å². The number of halogens is 1. The van der Waals surface area contributed by atoms with Crippen molar-refractivity contribution in [3.63, 3.8) is 0 Å². The van der Waals surface area contributed by atoms with Crippen molar-refractivity contribution in [3.8, 4) is 0 Å². The average molecular weight is 437 g/mol. The summed E-state index contributed by atoms with van der Waals surface area (Å²) >= 11 is 0. The normalized spacial score (nSPS) is 10.9. The zero-order valence-corrected chi connectivity index (χ0v) is 17.0. The summed E-state index contributed by atoms with van der Waals surface area (Å²) in [6.07, 6.45) is 0. The quantitative estimate of drug-likeness (QED) is 0.568. The Kier molecular flexibility index (Phi) is 7.48. The lowest BCUT2D eigenvalue weighted by Gasteiger charge is -2.13. The minimum atomic E-state index is -4.10. The van der Waals surface area contributed by atoms with Gasteiger partial charge in [-0.05, 0) is 50.2 Å². The van der Waals surface area contributed by atoms with Crippen LogP contribution in [0.15, 0.2) is 53.4 Å². The summed E-state index contributed by atoms with van der Waals surface area (Å²) in [5, 5.41) is 4.42. The van der Waals surface area contributed by atoms with Gasteiger partial charge in [-0.25, -0.2) is 22.4 Å². The molecule has 0 heterocycles. The van der Waals surface area contributed by atoms with Crippen LogP contribution >= 0.6 is 0 Å². The van der Waals surface area contributed by atoms with E-state index in [1.54, 1.807) is 13.8 Å². The molecule has 0 aliphatic rings. The number of benzene rings is 2. The molecule has 11 heteroatoms. The van der Waals surface area contributed by atoms with Gasteiger partial charge < -0.3 is 10.1 Å². The van der Waals surface area contributed by atoms with Gasteiger partial charge in [0.05, 0.1) is 16.1 Å². The summed E-state index contributed by atoms with van der Waals surface area (Å²) < 4.78 is 45.1. The number of sulfonamides is 1. The smallest absolute Gasteiger partial charge is 0.340 e. The van der Waals surface area contributed by atoms with Gasteiger partial charge in [0.15, 0.2) is 6.61 Å². The van der Waals surface area contributed by atoms with E-state index in [1.165, 1.54) is 24.3 Å². The predicted octanol–water partition coefficient (Wildman–Crippen LogP) is 2.02. The summed E-state index contributed by atoms with van der Waals surface area (Å²) in [5.74, 6) is -2.43. The van der Waals surface area contributed by atoms with Crippen LogP contribution in [0.5, 0.6) is 0 Å². The standard InChI is InChI=1S/C19H20FN3O6S/c1-12(2)21-19(26)22-17(24)11-29-18(25)15-5-3-4-6-16(15)23-30(27,28)14-9-7-13(20)8-10-14/h3-10,12,23H,11H2,1-2H3,(H2,21,22,24,26). The van der Waals surface area contributed by atoms with Crippen molar-refractivity contribution in [1.29, 1.82) is 0 Å². The number of esters is 1. The topological polar surface area (TPSA) is 131 Å². The first-order valence-electron chi connectivity index (χ1n) is 8.73. The van der Waals surface area contributed by atoms with Gasteiger partial charge in [0.1, 0.15) is 5.82 Å². The molecule has 0 aliphatic carbocycles. The molecule has 2 rings (SSSR count). The number of rotatable bonds is 7. The fraction of sp³-hybridized carbons (Fsp3) is 0.211. The molecular weight excluding hydrogens is 417 g/mol. The molecule has 0 saturated carbocycles. The summed E-state index contributed by atoms with van der Waals surface area (Å²) in [6.45, 7) is 2.66. The molecular formula is C19H20FN3O6S. The Hall–Kier alpha value is -3.47. The van der Waals surface area contributed by atoms with Gasteiger partial charge in [-0.2, -0.15) is 0 Å². The van der Waals surface area contributed by atoms with E-state index in [1.807, 2.05) is 5.32 Å². The predicted molar refractivity (Wildman–Crippen MR) is 106 cm³/mol. The van der Waals surface area contributed by atoms with Crippen molar-refractivity contribution in [2.24, 2.45) is 0 Å². The van der Waals surface area contributed by atoms with E-state index >= 15 is 0 Å². The van der Waals surface area contributed by atoms with Gasteiger partial charge in [-0.15, -0.1) is 0 Å². The summed E-state index contributed by atoms with van der Waals surface area (Å²) in [5.41, 5.74) is -0.243. The van der Waals surface area contributed by atoms with E-state index < -0.39 is 40.4 Å². The molecule has 0 aromatic heterocycles. The summed E-state index contributed by atoms with van der Waals surface area (Å²) in [4.78, 5) is 35.3. The third-order valence-electron chi connectivity index (χ3n) is 3.52. The molecule has 0 fully saturated rings. The van der Waals surface area contributed by atoms with Crippen molar-refractivity contribution in [2.75, 3.05) is 11.3 Å². The fourth-order valence-corrected chi connectivity index (χ4v) is 3.32. The number of carbonyl (C=O) groups excluding carboxylic acids is 3. The van der Waals surface area contributed by atoms with Crippen LogP contribution in [0.4, 0.5) is 14.9 Å². The third-order valence-corrected chi connectivity index (χ3v) is 4.90. The van der Waals surface area contributed by atoms with E-state index in [2.05, 4.69) is 10.0 Å². The molecule has 0 spiro atoms. The number of hydrogen-bond donors (Lipinski definition) is 3. The molecule has 0 radical (unpaired) electrons. The SMILES string of the molecule is CC(C)NC(=O)NC(=O)COC(=O)c1ccccc1NS(=O)(=O)c1ccc(F)cc1. The van der Waals surface area contributed by atoms with Crippen molar-refractivity contribution >= 4 is 33.6 Å². The lowest BCUT2D eigenvalue weighted by molar-refractivity contribution is -0.123. The number of anilines is 1. The van der Waals surface area contributed by atoms with Crippen molar-refractivity contribution < 1.29 is 31.9 Å². The molecule has 2 aromatic rings.